The number of hydrogen-bond acceptors (Lipinski definition) is 7. The molecule has 2 rings (SSSR count). The number of anilines is 1. The van der Waals surface area contributed by atoms with Crippen LogP contribution in [0.15, 0.2) is 30.3 Å². The van der Waals surface area contributed by atoms with E-state index in [1.807, 2.05) is 0 Å². The van der Waals surface area contributed by atoms with Gasteiger partial charge in [0.15, 0.2) is 11.6 Å². The molecular weight excluding hydrogens is 368 g/mol. The predicted molar refractivity (Wildman–Crippen MR) is 89.6 cm³/mol. The maximum Gasteiger partial charge on any atom is 0.340 e. The Morgan fingerprint density at radius 3 is 2.30 bits per heavy atom. The monoisotopic (exact) mass is 381 g/mol. The van der Waals surface area contributed by atoms with Crippen molar-refractivity contribution in [2.24, 2.45) is 0 Å². The molecule has 0 saturated heterocycles. The minimum atomic E-state index is -1.10. The zero-order chi connectivity index (χ0) is 20.3. The van der Waals surface area contributed by atoms with Gasteiger partial charge in [0.2, 0.25) is 0 Å². The number of benzene rings is 2. The molecule has 0 heterocycles. The highest BCUT2D eigenvalue weighted by atomic mass is 19.2. The van der Waals surface area contributed by atoms with Crippen molar-refractivity contribution in [3.05, 3.63) is 73.3 Å². The van der Waals surface area contributed by atoms with Gasteiger partial charge in [-0.05, 0) is 17.7 Å². The maximum atomic E-state index is 13.4. The van der Waals surface area contributed by atoms with E-state index in [9.17, 15) is 33.8 Å². The lowest BCUT2D eigenvalue weighted by Gasteiger charge is -2.21. The average Bonchev–Trinajstić information content (AvgIpc) is 2.62. The van der Waals surface area contributed by atoms with Crippen LogP contribution in [0.3, 0.4) is 0 Å². The van der Waals surface area contributed by atoms with Gasteiger partial charge < -0.3 is 9.64 Å². The largest absolute Gasteiger partial charge is 0.465 e. The van der Waals surface area contributed by atoms with Crippen LogP contribution in [0, 0.1) is 31.9 Å². The Kier molecular flexibility index (Phi) is 5.63. The molecule has 9 nitrogen and oxygen atoms in total. The summed E-state index contributed by atoms with van der Waals surface area (Å²) in [6.07, 6.45) is 0. The van der Waals surface area contributed by atoms with Gasteiger partial charge in [0.05, 0.1) is 28.6 Å². The second-order valence-corrected chi connectivity index (χ2v) is 5.47. The SMILES string of the molecule is COC(=O)c1cc([N+](=O)[O-])cc([N+](=O)[O-])c1N(C)Cc1ccc(F)c(F)c1. The second-order valence-electron chi connectivity index (χ2n) is 5.47. The summed E-state index contributed by atoms with van der Waals surface area (Å²) in [6.45, 7) is -0.139. The van der Waals surface area contributed by atoms with Crippen LogP contribution in [0.2, 0.25) is 0 Å². The molecule has 0 N–H and O–H groups in total. The van der Waals surface area contributed by atoms with Crippen molar-refractivity contribution in [2.75, 3.05) is 19.1 Å². The van der Waals surface area contributed by atoms with E-state index in [-0.39, 0.29) is 17.8 Å². The molecule has 0 amide bonds. The van der Waals surface area contributed by atoms with Crippen LogP contribution in [-0.4, -0.2) is 30.0 Å². The number of nitro benzene ring substituents is 2. The van der Waals surface area contributed by atoms with E-state index in [2.05, 4.69) is 4.74 Å². The molecule has 0 saturated carbocycles. The molecular formula is C16H13F2N3O6. The van der Waals surface area contributed by atoms with E-state index < -0.39 is 44.4 Å². The van der Waals surface area contributed by atoms with Crippen LogP contribution in [0.25, 0.3) is 0 Å². The first-order valence-electron chi connectivity index (χ1n) is 7.36. The molecule has 0 aliphatic rings. The highest BCUT2D eigenvalue weighted by Crippen LogP contribution is 2.36. The van der Waals surface area contributed by atoms with Crippen molar-refractivity contribution < 1.29 is 28.2 Å². The molecule has 0 aromatic heterocycles. The first-order chi connectivity index (χ1) is 12.6. The summed E-state index contributed by atoms with van der Waals surface area (Å²) in [5, 5.41) is 22.4. The van der Waals surface area contributed by atoms with Crippen molar-refractivity contribution in [3.8, 4) is 0 Å². The molecule has 2 aromatic carbocycles. The van der Waals surface area contributed by atoms with Gasteiger partial charge in [-0.25, -0.2) is 13.6 Å². The first kappa shape index (κ1) is 19.7. The highest BCUT2D eigenvalue weighted by molar-refractivity contribution is 5.99. The van der Waals surface area contributed by atoms with Crippen molar-refractivity contribution in [2.45, 2.75) is 6.54 Å². The van der Waals surface area contributed by atoms with Crippen LogP contribution in [0.4, 0.5) is 25.8 Å². The fraction of sp³-hybridized carbons (Fsp3) is 0.188. The average molecular weight is 381 g/mol. The minimum absolute atomic E-state index is 0.139. The smallest absolute Gasteiger partial charge is 0.340 e. The van der Waals surface area contributed by atoms with Crippen molar-refractivity contribution in [1.29, 1.82) is 0 Å². The van der Waals surface area contributed by atoms with E-state index in [0.29, 0.717) is 6.07 Å². The molecule has 0 unspecified atom stereocenters. The van der Waals surface area contributed by atoms with Gasteiger partial charge in [0.1, 0.15) is 5.69 Å². The third-order valence-corrected chi connectivity index (χ3v) is 3.67. The lowest BCUT2D eigenvalue weighted by Crippen LogP contribution is -2.21. The Bertz CT molecular complexity index is 935. The van der Waals surface area contributed by atoms with Gasteiger partial charge in [-0.3, -0.25) is 20.2 Å². The highest BCUT2D eigenvalue weighted by Gasteiger charge is 2.30. The normalized spacial score (nSPS) is 10.4. The fourth-order valence-corrected chi connectivity index (χ4v) is 2.51. The molecule has 142 valence electrons. The minimum Gasteiger partial charge on any atom is -0.465 e. The summed E-state index contributed by atoms with van der Waals surface area (Å²) in [4.78, 5) is 33.9. The predicted octanol–water partition coefficient (Wildman–Crippen LogP) is 3.20. The number of methoxy groups -OCH3 is 1. The van der Waals surface area contributed by atoms with E-state index in [1.54, 1.807) is 0 Å². The van der Waals surface area contributed by atoms with Gasteiger partial charge in [-0.1, -0.05) is 6.07 Å². The van der Waals surface area contributed by atoms with E-state index in [0.717, 1.165) is 25.3 Å². The van der Waals surface area contributed by atoms with Crippen LogP contribution < -0.4 is 4.90 Å². The third-order valence-electron chi connectivity index (χ3n) is 3.67. The number of nitro groups is 2. The molecule has 0 radical (unpaired) electrons. The number of ether oxygens (including phenoxy) is 1. The molecule has 2 aromatic rings. The fourth-order valence-electron chi connectivity index (χ4n) is 2.51. The van der Waals surface area contributed by atoms with Crippen molar-refractivity contribution in [1.82, 2.24) is 0 Å². The molecule has 0 fully saturated rings. The van der Waals surface area contributed by atoms with Gasteiger partial charge in [-0.2, -0.15) is 0 Å². The van der Waals surface area contributed by atoms with E-state index in [4.69, 9.17) is 0 Å². The Morgan fingerprint density at radius 2 is 1.78 bits per heavy atom. The summed E-state index contributed by atoms with van der Waals surface area (Å²) < 4.78 is 31.0. The topological polar surface area (TPSA) is 116 Å². The Morgan fingerprint density at radius 1 is 1.11 bits per heavy atom. The molecule has 0 bridgehead atoms. The van der Waals surface area contributed by atoms with Gasteiger partial charge >= 0.3 is 5.97 Å². The zero-order valence-corrected chi connectivity index (χ0v) is 14.1. The number of carbonyl (C=O) groups excluding carboxylic acids is 1. The van der Waals surface area contributed by atoms with Gasteiger partial charge in [-0.15, -0.1) is 0 Å². The summed E-state index contributed by atoms with van der Waals surface area (Å²) >= 11 is 0. The van der Waals surface area contributed by atoms with Crippen molar-refractivity contribution in [3.63, 3.8) is 0 Å². The molecule has 27 heavy (non-hydrogen) atoms. The number of halogens is 2. The Labute approximate surface area is 151 Å². The van der Waals surface area contributed by atoms with Crippen LogP contribution in [-0.2, 0) is 11.3 Å². The van der Waals surface area contributed by atoms with Gasteiger partial charge in [0.25, 0.3) is 11.4 Å². The van der Waals surface area contributed by atoms with E-state index in [1.165, 1.54) is 18.0 Å². The Balaban J connectivity index is 2.60. The lowest BCUT2D eigenvalue weighted by molar-refractivity contribution is -0.393. The lowest BCUT2D eigenvalue weighted by atomic mass is 10.1. The number of rotatable bonds is 6. The molecule has 11 heteroatoms. The maximum absolute atomic E-state index is 13.4. The number of esters is 1. The number of non-ortho nitro benzene ring substituents is 1. The van der Waals surface area contributed by atoms with Crippen LogP contribution in [0.5, 0.6) is 0 Å². The van der Waals surface area contributed by atoms with Gasteiger partial charge in [0, 0.05) is 19.7 Å². The number of carbonyl (C=O) groups is 1. The standard InChI is InChI=1S/C16H13F2N3O6/c1-19(8-9-3-4-12(17)13(18)5-9)15-11(16(22)27-2)6-10(20(23)24)7-14(15)21(25)26/h3-7H,8H2,1-2H3. The molecule has 0 atom stereocenters. The first-order valence-corrected chi connectivity index (χ1v) is 7.36. The van der Waals surface area contributed by atoms with Crippen LogP contribution in [0.1, 0.15) is 15.9 Å². The van der Waals surface area contributed by atoms with Crippen molar-refractivity contribution >= 4 is 23.0 Å². The summed E-state index contributed by atoms with van der Waals surface area (Å²) in [6, 6.07) is 4.63. The zero-order valence-electron chi connectivity index (χ0n) is 14.1. The Hall–Kier alpha value is -3.63. The number of nitrogens with zero attached hydrogens (tertiary/aromatic N) is 3. The van der Waals surface area contributed by atoms with E-state index >= 15 is 0 Å². The van der Waals surface area contributed by atoms with Crippen LogP contribution >= 0.6 is 0 Å². The molecule has 0 spiro atoms. The molecule has 0 aliphatic carbocycles. The number of hydrogen-bond donors (Lipinski definition) is 0. The second kappa shape index (κ2) is 7.72. The molecule has 0 aliphatic heterocycles. The summed E-state index contributed by atoms with van der Waals surface area (Å²) in [5.74, 6) is -3.18. The summed E-state index contributed by atoms with van der Waals surface area (Å²) in [7, 11) is 2.38. The quantitative estimate of drug-likeness (QED) is 0.428. The summed E-state index contributed by atoms with van der Waals surface area (Å²) in [5.41, 5.74) is -1.74. The third kappa shape index (κ3) is 4.14.